The minimum atomic E-state index is -3.00. The first kappa shape index (κ1) is 72.8. The SMILES string of the molecule is CC.CC(=O)N1CC(N2CCN([C-]=O)CC2)C1.COC(C)=O.COC(C)=O.CS(=O)(=O)c1ccccc1.CS(=O)(=O)c1ccccc1.CSc1ccccc1.[Y].c1ccccc1.c1ccccc1.c1ccccc1. The van der Waals surface area contributed by atoms with E-state index in [0.717, 1.165) is 39.3 Å². The first-order valence-corrected chi connectivity index (χ1v) is 28.2. The molecule has 2 aliphatic rings. The van der Waals surface area contributed by atoms with Gasteiger partial charge in [0.1, 0.15) is 0 Å². The summed E-state index contributed by atoms with van der Waals surface area (Å²) in [6, 6.07) is 63.5. The number of methoxy groups -OCH3 is 2. The molecule has 2 heterocycles. The van der Waals surface area contributed by atoms with E-state index < -0.39 is 19.7 Å². The number of hydrogen-bond acceptors (Lipinski definition) is 12. The van der Waals surface area contributed by atoms with Crippen LogP contribution in [0.5, 0.6) is 0 Å². The van der Waals surface area contributed by atoms with Crippen molar-refractivity contribution in [2.75, 3.05) is 72.3 Å². The molecule has 401 valence electrons. The Bertz CT molecular complexity index is 2220. The zero-order chi connectivity index (χ0) is 55.2. The minimum Gasteiger partial charge on any atom is -0.520 e. The van der Waals surface area contributed by atoms with Crippen LogP contribution in [0.25, 0.3) is 0 Å². The topological polar surface area (TPSA) is 165 Å². The Morgan fingerprint density at radius 2 is 0.743 bits per heavy atom. The largest absolute Gasteiger partial charge is 0.520 e. The Hall–Kier alpha value is -5.49. The van der Waals surface area contributed by atoms with Crippen molar-refractivity contribution in [3.05, 3.63) is 200 Å². The van der Waals surface area contributed by atoms with Gasteiger partial charge in [-0.3, -0.25) is 19.3 Å². The fourth-order valence-electron chi connectivity index (χ4n) is 5.17. The van der Waals surface area contributed by atoms with Crippen molar-refractivity contribution in [2.45, 2.75) is 55.3 Å². The fraction of sp³-hybridized carbons (Fsp3) is 0.298. The molecule has 0 spiro atoms. The van der Waals surface area contributed by atoms with Crippen LogP contribution < -0.4 is 0 Å². The zero-order valence-corrected chi connectivity index (χ0v) is 49.9. The van der Waals surface area contributed by atoms with Gasteiger partial charge in [0, 0.05) is 116 Å². The Labute approximate surface area is 472 Å². The van der Waals surface area contributed by atoms with E-state index in [1.807, 2.05) is 153 Å². The van der Waals surface area contributed by atoms with Crippen LogP contribution in [0.1, 0.15) is 34.6 Å². The number of rotatable bonds is 5. The number of hydrogen-bond donors (Lipinski definition) is 0. The minimum absolute atomic E-state index is 0. The van der Waals surface area contributed by atoms with Crippen LogP contribution in [0, 0.1) is 0 Å². The van der Waals surface area contributed by atoms with Gasteiger partial charge in [0.2, 0.25) is 5.91 Å². The van der Waals surface area contributed by atoms with Crippen LogP contribution in [0.4, 0.5) is 0 Å². The van der Waals surface area contributed by atoms with Gasteiger partial charge in [-0.05, 0) is 42.7 Å². The summed E-state index contributed by atoms with van der Waals surface area (Å²) >= 11 is 1.77. The van der Waals surface area contributed by atoms with E-state index in [9.17, 15) is 36.0 Å². The van der Waals surface area contributed by atoms with Crippen LogP contribution in [-0.2, 0) is 81.0 Å². The summed E-state index contributed by atoms with van der Waals surface area (Å²) in [6.45, 7) is 13.4. The second kappa shape index (κ2) is 47.2. The maximum atomic E-state index is 11.0. The number of carbonyl (C=O) groups is 3. The van der Waals surface area contributed by atoms with Gasteiger partial charge in [-0.1, -0.05) is 178 Å². The molecule has 0 aliphatic carbocycles. The summed E-state index contributed by atoms with van der Waals surface area (Å²) < 4.78 is 51.6. The third kappa shape index (κ3) is 41.9. The van der Waals surface area contributed by atoms with Crippen LogP contribution in [0.2, 0.25) is 0 Å². The average molecular weight is 1150 g/mol. The van der Waals surface area contributed by atoms with E-state index in [-0.39, 0.29) is 50.6 Å². The number of thioether (sulfide) groups is 1. The monoisotopic (exact) mass is 1150 g/mol. The molecule has 13 nitrogen and oxygen atoms in total. The number of sulfone groups is 2. The molecule has 8 rings (SSSR count). The Morgan fingerprint density at radius 1 is 0.500 bits per heavy atom. The zero-order valence-electron chi connectivity index (χ0n) is 44.6. The number of piperazine rings is 1. The molecule has 2 aliphatic heterocycles. The fourth-order valence-corrected chi connectivity index (χ4v) is 6.90. The van der Waals surface area contributed by atoms with Gasteiger partial charge in [-0.15, -0.1) is 11.8 Å². The van der Waals surface area contributed by atoms with Crippen LogP contribution in [-0.4, -0.2) is 134 Å². The first-order valence-electron chi connectivity index (χ1n) is 23.2. The van der Waals surface area contributed by atoms with E-state index in [1.165, 1.54) is 45.5 Å². The maximum absolute atomic E-state index is 11.0. The second-order valence-electron chi connectivity index (χ2n) is 14.7. The number of benzene rings is 6. The molecule has 6 aromatic carbocycles. The van der Waals surface area contributed by atoms with E-state index in [2.05, 4.69) is 32.8 Å². The smallest absolute Gasteiger partial charge is 0.302 e. The van der Waals surface area contributed by atoms with Crippen molar-refractivity contribution < 1.29 is 78.2 Å². The van der Waals surface area contributed by atoms with Crippen LogP contribution >= 0.6 is 11.8 Å². The Balaban J connectivity index is -0.000000781. The second-order valence-corrected chi connectivity index (χ2v) is 19.6. The van der Waals surface area contributed by atoms with Gasteiger partial charge in [0.25, 0.3) is 0 Å². The first-order chi connectivity index (χ1) is 34.9. The van der Waals surface area contributed by atoms with Crippen molar-refractivity contribution in [3.8, 4) is 0 Å². The molecule has 17 heteroatoms. The quantitative estimate of drug-likeness (QED) is 0.0913. The standard InChI is InChI=1S/C10H16N3O2.2C7H8O2S.C7H8S.3C6H6.2C3H6O2.C2H6.Y/c1-9(15)13-6-10(7-13)12-4-2-11(8-14)3-5-12;2*1-10(8,9)7-5-3-2-4-6-7;1-8-7-5-3-2-4-6-7;3*1-2-4-6-5-3-1;2*1-3(4)5-2;1-2;/h10H,2-7H2,1H3;2*2-6H,1H3;2-6H,1H3;3*1-6H;2*1-2H3;1-2H3;/q-1;;;;;;;;;;. The molecule has 0 N–H and O–H groups in total. The van der Waals surface area contributed by atoms with Crippen molar-refractivity contribution in [1.82, 2.24) is 14.7 Å². The van der Waals surface area contributed by atoms with Gasteiger partial charge in [0.15, 0.2) is 19.7 Å². The predicted molar refractivity (Wildman–Crippen MR) is 298 cm³/mol. The van der Waals surface area contributed by atoms with E-state index in [0.29, 0.717) is 15.8 Å². The van der Waals surface area contributed by atoms with E-state index in [1.54, 1.807) is 84.2 Å². The molecule has 0 bridgehead atoms. The van der Waals surface area contributed by atoms with Crippen molar-refractivity contribution in [1.29, 1.82) is 0 Å². The van der Waals surface area contributed by atoms with Crippen LogP contribution in [0.15, 0.2) is 215 Å². The summed E-state index contributed by atoms with van der Waals surface area (Å²) in [5, 5.41) is 0. The van der Waals surface area contributed by atoms with Gasteiger partial charge in [0.05, 0.1) is 24.0 Å². The third-order valence-corrected chi connectivity index (χ3v) is 12.2. The van der Waals surface area contributed by atoms with Crippen molar-refractivity contribution in [3.63, 3.8) is 0 Å². The van der Waals surface area contributed by atoms with Crippen molar-refractivity contribution in [2.24, 2.45) is 0 Å². The van der Waals surface area contributed by atoms with Crippen molar-refractivity contribution >= 4 is 55.7 Å². The average Bonchev–Trinajstić information content (AvgIpc) is 3.42. The predicted octanol–water partition coefficient (Wildman–Crippen LogP) is 9.93. The van der Waals surface area contributed by atoms with E-state index in [4.69, 9.17) is 0 Å². The number of carbonyl (C=O) groups excluding carboxylic acids is 4. The maximum Gasteiger partial charge on any atom is 0.302 e. The van der Waals surface area contributed by atoms with Gasteiger partial charge in [-0.2, -0.15) is 6.41 Å². The third-order valence-electron chi connectivity index (χ3n) is 9.16. The summed E-state index contributed by atoms with van der Waals surface area (Å²) in [4.78, 5) is 48.5. The summed E-state index contributed by atoms with van der Waals surface area (Å²) in [5.41, 5.74) is 0. The molecule has 0 aromatic heterocycles. The van der Waals surface area contributed by atoms with Gasteiger partial charge >= 0.3 is 11.9 Å². The Kier molecular flexibility index (Phi) is 46.5. The number of amides is 2. The molecular formula is C57H76N3O10S3Y-. The van der Waals surface area contributed by atoms with E-state index >= 15 is 0 Å². The van der Waals surface area contributed by atoms with Crippen LogP contribution in [0.3, 0.4) is 0 Å². The molecule has 2 amide bonds. The Morgan fingerprint density at radius 3 is 0.919 bits per heavy atom. The van der Waals surface area contributed by atoms with Gasteiger partial charge < -0.3 is 24.1 Å². The molecule has 0 atom stereocenters. The summed E-state index contributed by atoms with van der Waals surface area (Å²) in [7, 11) is -3.31. The number of esters is 2. The normalized spacial score (nSPS) is 11.8. The molecular weight excluding hydrogens is 1070 g/mol. The summed E-state index contributed by atoms with van der Waals surface area (Å²) in [6.07, 6.45) is 6.39. The van der Waals surface area contributed by atoms with Gasteiger partial charge in [-0.25, -0.2) is 16.8 Å². The summed E-state index contributed by atoms with van der Waals surface area (Å²) in [5.74, 6) is -0.332. The number of nitrogens with zero attached hydrogens (tertiary/aromatic N) is 3. The number of likely N-dealkylation sites (tertiary alicyclic amines) is 1. The molecule has 6 aromatic rings. The molecule has 2 fully saturated rings. The number of ether oxygens (including phenoxy) is 2. The molecule has 0 unspecified atom stereocenters. The molecule has 2 saturated heterocycles. The molecule has 1 radical (unpaired) electrons. The molecule has 74 heavy (non-hydrogen) atoms. The molecule has 0 saturated carbocycles.